The lowest BCUT2D eigenvalue weighted by Gasteiger charge is -2.29. The molecule has 0 bridgehead atoms. The van der Waals surface area contributed by atoms with Crippen LogP contribution in [0.3, 0.4) is 0 Å². The summed E-state index contributed by atoms with van der Waals surface area (Å²) >= 11 is 1.70. The van der Waals surface area contributed by atoms with E-state index in [1.165, 1.54) is 11.1 Å². The van der Waals surface area contributed by atoms with Crippen LogP contribution in [0.5, 0.6) is 0 Å². The molecule has 4 rings (SSSR count). The van der Waals surface area contributed by atoms with E-state index in [9.17, 15) is 4.79 Å². The molecule has 5 nitrogen and oxygen atoms in total. The van der Waals surface area contributed by atoms with Gasteiger partial charge in [0.25, 0.3) is 0 Å². The van der Waals surface area contributed by atoms with Gasteiger partial charge >= 0.3 is 6.03 Å². The van der Waals surface area contributed by atoms with E-state index >= 15 is 0 Å². The first-order chi connectivity index (χ1) is 12.2. The fourth-order valence-corrected chi connectivity index (χ4v) is 3.57. The minimum atomic E-state index is -0.0974. The van der Waals surface area contributed by atoms with Crippen LogP contribution in [0.4, 0.5) is 22.0 Å². The summed E-state index contributed by atoms with van der Waals surface area (Å²) in [4.78, 5) is 18.0. The quantitative estimate of drug-likeness (QED) is 0.702. The third kappa shape index (κ3) is 3.08. The minimum Gasteiger partial charge on any atom is -0.355 e. The molecule has 0 unspecified atom stereocenters. The first-order valence-electron chi connectivity index (χ1n) is 8.18. The van der Waals surface area contributed by atoms with Gasteiger partial charge in [0, 0.05) is 29.7 Å². The molecule has 0 saturated heterocycles. The van der Waals surface area contributed by atoms with E-state index in [0.717, 1.165) is 16.9 Å². The number of fused-ring (bicyclic) bond motifs is 1. The largest absolute Gasteiger partial charge is 0.355 e. The third-order valence-corrected chi connectivity index (χ3v) is 5.00. The van der Waals surface area contributed by atoms with Gasteiger partial charge < -0.3 is 10.2 Å². The molecule has 0 aliphatic carbocycles. The number of anilines is 3. The highest BCUT2D eigenvalue weighted by molar-refractivity contribution is 7.08. The number of nitrogens with one attached hydrogen (secondary N) is 2. The zero-order valence-corrected chi connectivity index (χ0v) is 14.6. The molecule has 1 aliphatic heterocycles. The van der Waals surface area contributed by atoms with Crippen molar-refractivity contribution >= 4 is 34.6 Å². The number of rotatable bonds is 4. The molecule has 1 aliphatic rings. The minimum absolute atomic E-state index is 0.0974. The normalized spacial score (nSPS) is 13.3. The average Bonchev–Trinajstić information content (AvgIpc) is 3.17. The number of carbonyl (C=O) groups excluding carboxylic acids is 1. The van der Waals surface area contributed by atoms with E-state index in [1.54, 1.807) is 22.4 Å². The summed E-state index contributed by atoms with van der Waals surface area (Å²) in [6.45, 7) is 3.19. The van der Waals surface area contributed by atoms with Crippen LogP contribution in [0.1, 0.15) is 12.5 Å². The highest BCUT2D eigenvalue weighted by atomic mass is 32.1. The molecule has 6 heteroatoms. The number of hydrogen-bond acceptors (Lipinski definition) is 4. The summed E-state index contributed by atoms with van der Waals surface area (Å²) in [6, 6.07) is 12.3. The van der Waals surface area contributed by atoms with Crippen molar-refractivity contribution in [3.63, 3.8) is 0 Å². The predicted molar refractivity (Wildman–Crippen MR) is 102 cm³/mol. The van der Waals surface area contributed by atoms with Crippen molar-refractivity contribution in [1.82, 2.24) is 9.88 Å². The van der Waals surface area contributed by atoms with Gasteiger partial charge in [-0.2, -0.15) is 11.3 Å². The van der Waals surface area contributed by atoms with E-state index in [4.69, 9.17) is 0 Å². The molecular weight excluding hydrogens is 332 g/mol. The molecule has 0 radical (unpaired) electrons. The van der Waals surface area contributed by atoms with Gasteiger partial charge in [0.1, 0.15) is 5.82 Å². The van der Waals surface area contributed by atoms with Crippen LogP contribution >= 0.6 is 11.3 Å². The summed E-state index contributed by atoms with van der Waals surface area (Å²) in [6.07, 6.45) is 1.71. The van der Waals surface area contributed by atoms with E-state index in [-0.39, 0.29) is 6.03 Å². The smallest absolute Gasteiger partial charge is 0.323 e. The van der Waals surface area contributed by atoms with Crippen LogP contribution in [0, 0.1) is 0 Å². The Hall–Kier alpha value is -2.86. The standard InChI is InChI=1S/C19H18N4OS/c1-2-23-11-16-17(7-9-20-18(16)22-19(23)24)21-15-5-3-13(4-6-15)14-8-10-25-12-14/h3-10,12H,2,11H2,1H3,(H2,20,21,22,24). The van der Waals surface area contributed by atoms with Gasteiger partial charge in [-0.15, -0.1) is 0 Å². The van der Waals surface area contributed by atoms with E-state index in [2.05, 4.69) is 56.7 Å². The molecule has 0 saturated carbocycles. The Labute approximate surface area is 150 Å². The highest BCUT2D eigenvalue weighted by Gasteiger charge is 2.24. The van der Waals surface area contributed by atoms with Crippen LogP contribution in [-0.2, 0) is 6.54 Å². The van der Waals surface area contributed by atoms with Crippen molar-refractivity contribution in [3.05, 3.63) is 58.9 Å². The molecule has 126 valence electrons. The van der Waals surface area contributed by atoms with Crippen molar-refractivity contribution in [3.8, 4) is 11.1 Å². The topological polar surface area (TPSA) is 57.3 Å². The Kier molecular flexibility index (Phi) is 4.11. The van der Waals surface area contributed by atoms with Gasteiger partial charge in [-0.1, -0.05) is 12.1 Å². The number of hydrogen-bond donors (Lipinski definition) is 2. The van der Waals surface area contributed by atoms with Crippen molar-refractivity contribution < 1.29 is 4.79 Å². The number of thiophene rings is 1. The Bertz CT molecular complexity index is 890. The Morgan fingerprint density at radius 3 is 2.76 bits per heavy atom. The fourth-order valence-electron chi connectivity index (χ4n) is 2.91. The SMILES string of the molecule is CCN1Cc2c(Nc3ccc(-c4ccsc4)cc3)ccnc2NC1=O. The Morgan fingerprint density at radius 2 is 2.04 bits per heavy atom. The van der Waals surface area contributed by atoms with Gasteiger partial charge in [-0.3, -0.25) is 5.32 Å². The molecule has 0 atom stereocenters. The lowest BCUT2D eigenvalue weighted by Crippen LogP contribution is -2.39. The molecule has 2 N–H and O–H groups in total. The second-order valence-corrected chi connectivity index (χ2v) is 6.62. The fraction of sp³-hybridized carbons (Fsp3) is 0.158. The van der Waals surface area contributed by atoms with Crippen LogP contribution in [0.15, 0.2) is 53.4 Å². The van der Waals surface area contributed by atoms with Crippen molar-refractivity contribution in [2.45, 2.75) is 13.5 Å². The number of benzene rings is 1. The average molecular weight is 350 g/mol. The number of pyridine rings is 1. The zero-order valence-electron chi connectivity index (χ0n) is 13.8. The second kappa shape index (κ2) is 6.57. The molecular formula is C19H18N4OS. The van der Waals surface area contributed by atoms with Crippen molar-refractivity contribution in [2.24, 2.45) is 0 Å². The van der Waals surface area contributed by atoms with Crippen molar-refractivity contribution in [2.75, 3.05) is 17.2 Å². The first-order valence-corrected chi connectivity index (χ1v) is 9.12. The van der Waals surface area contributed by atoms with Gasteiger partial charge in [0.15, 0.2) is 0 Å². The summed E-state index contributed by atoms with van der Waals surface area (Å²) in [5, 5.41) is 10.5. The maximum Gasteiger partial charge on any atom is 0.323 e. The summed E-state index contributed by atoms with van der Waals surface area (Å²) < 4.78 is 0. The third-order valence-electron chi connectivity index (χ3n) is 4.32. The van der Waals surface area contributed by atoms with E-state index in [0.29, 0.717) is 18.9 Å². The molecule has 2 aromatic heterocycles. The van der Waals surface area contributed by atoms with Crippen LogP contribution < -0.4 is 10.6 Å². The number of nitrogens with zero attached hydrogens (tertiary/aromatic N) is 2. The van der Waals surface area contributed by atoms with Crippen LogP contribution in [0.25, 0.3) is 11.1 Å². The van der Waals surface area contributed by atoms with Gasteiger partial charge in [-0.05, 0) is 53.1 Å². The monoisotopic (exact) mass is 350 g/mol. The molecule has 1 aromatic carbocycles. The molecule has 3 aromatic rings. The number of urea groups is 1. The molecule has 0 spiro atoms. The van der Waals surface area contributed by atoms with Crippen molar-refractivity contribution in [1.29, 1.82) is 0 Å². The highest BCUT2D eigenvalue weighted by Crippen LogP contribution is 2.31. The maximum atomic E-state index is 12.0. The van der Waals surface area contributed by atoms with Gasteiger partial charge in [0.2, 0.25) is 0 Å². The summed E-state index contributed by atoms with van der Waals surface area (Å²) in [7, 11) is 0. The Balaban J connectivity index is 1.59. The molecule has 0 fully saturated rings. The summed E-state index contributed by atoms with van der Waals surface area (Å²) in [5.74, 6) is 0.634. The van der Waals surface area contributed by atoms with Gasteiger partial charge in [-0.25, -0.2) is 9.78 Å². The zero-order chi connectivity index (χ0) is 17.2. The number of carbonyl (C=O) groups is 1. The number of amides is 2. The van der Waals surface area contributed by atoms with Gasteiger partial charge in [0.05, 0.1) is 6.54 Å². The molecule has 25 heavy (non-hydrogen) atoms. The molecule has 3 heterocycles. The maximum absolute atomic E-state index is 12.0. The lowest BCUT2D eigenvalue weighted by molar-refractivity contribution is 0.209. The van der Waals surface area contributed by atoms with E-state index in [1.807, 2.05) is 13.0 Å². The Morgan fingerprint density at radius 1 is 1.20 bits per heavy atom. The predicted octanol–water partition coefficient (Wildman–Crippen LogP) is 4.92. The van der Waals surface area contributed by atoms with E-state index < -0.39 is 0 Å². The van der Waals surface area contributed by atoms with Crippen LogP contribution in [-0.4, -0.2) is 22.5 Å². The molecule has 2 amide bonds. The first kappa shape index (κ1) is 15.7. The number of aromatic nitrogens is 1. The lowest BCUT2D eigenvalue weighted by atomic mass is 10.1. The second-order valence-electron chi connectivity index (χ2n) is 5.84. The summed E-state index contributed by atoms with van der Waals surface area (Å²) in [5.41, 5.74) is 5.41. The van der Waals surface area contributed by atoms with Crippen LogP contribution in [0.2, 0.25) is 0 Å².